The molecule has 0 bridgehead atoms. The first-order valence-electron chi connectivity index (χ1n) is 15.4. The van der Waals surface area contributed by atoms with E-state index in [2.05, 4.69) is 13.0 Å². The zero-order valence-corrected chi connectivity index (χ0v) is 25.8. The van der Waals surface area contributed by atoms with Crippen LogP contribution in [-0.4, -0.2) is 49.2 Å². The molecule has 0 aromatic heterocycles. The van der Waals surface area contributed by atoms with Crippen molar-refractivity contribution < 1.29 is 44.7 Å². The van der Waals surface area contributed by atoms with Gasteiger partial charge in [0.05, 0.1) is 22.3 Å². The predicted octanol–water partition coefficient (Wildman–Crippen LogP) is 6.08. The highest BCUT2D eigenvalue weighted by Gasteiger charge is 2.56. The second kappa shape index (κ2) is 10.8. The van der Waals surface area contributed by atoms with E-state index < -0.39 is 34.6 Å². The minimum Gasteiger partial charge on any atom is -0.508 e. The van der Waals surface area contributed by atoms with Crippen LogP contribution in [0.2, 0.25) is 0 Å². The topological polar surface area (TPSA) is 162 Å². The third-order valence-corrected chi connectivity index (χ3v) is 10.8. The number of rotatable bonds is 1. The molecule has 2 fully saturated rings. The summed E-state index contributed by atoms with van der Waals surface area (Å²) < 4.78 is 5.68. The van der Waals surface area contributed by atoms with Crippen LogP contribution in [-0.2, 0) is 16.0 Å². The van der Waals surface area contributed by atoms with Crippen LogP contribution in [0.4, 0.5) is 0 Å². The average molecular weight is 615 g/mol. The molecule has 5 unspecified atom stereocenters. The molecule has 3 aromatic carbocycles. The Kier molecular flexibility index (Phi) is 7.33. The number of hydrogen-bond acceptors (Lipinski definition) is 9. The summed E-state index contributed by atoms with van der Waals surface area (Å²) in [6.07, 6.45) is 6.89. The Morgan fingerprint density at radius 2 is 1.38 bits per heavy atom. The van der Waals surface area contributed by atoms with Crippen molar-refractivity contribution >= 4 is 17.5 Å². The number of phenolic OH excluding ortho intramolecular Hbond substituents is 5. The number of hydrogen-bond donors (Lipinski definition) is 5. The first-order valence-corrected chi connectivity index (χ1v) is 15.4. The predicted molar refractivity (Wildman–Crippen MR) is 164 cm³/mol. The number of benzene rings is 3. The summed E-state index contributed by atoms with van der Waals surface area (Å²) in [4.78, 5) is 36.6. The fourth-order valence-corrected chi connectivity index (χ4v) is 8.64. The third kappa shape index (κ3) is 4.71. The summed E-state index contributed by atoms with van der Waals surface area (Å²) in [6, 6.07) is 8.26. The second-order valence-electron chi connectivity index (χ2n) is 13.3. The van der Waals surface area contributed by atoms with Gasteiger partial charge in [0.1, 0.15) is 34.9 Å². The van der Waals surface area contributed by atoms with Crippen molar-refractivity contribution in [1.82, 2.24) is 0 Å². The van der Waals surface area contributed by atoms with Gasteiger partial charge < -0.3 is 30.3 Å². The molecular weight excluding hydrogens is 576 g/mol. The van der Waals surface area contributed by atoms with E-state index in [0.717, 1.165) is 31.4 Å². The van der Waals surface area contributed by atoms with Crippen molar-refractivity contribution in [2.75, 3.05) is 0 Å². The first kappa shape index (κ1) is 30.5. The van der Waals surface area contributed by atoms with Gasteiger partial charge in [-0.2, -0.15) is 0 Å². The van der Waals surface area contributed by atoms with Crippen LogP contribution in [0.3, 0.4) is 0 Å². The molecule has 0 amide bonds. The normalized spacial score (nSPS) is 26.0. The summed E-state index contributed by atoms with van der Waals surface area (Å²) in [6.45, 7) is 6.82. The van der Waals surface area contributed by atoms with Gasteiger partial charge in [-0.15, -0.1) is 0 Å². The third-order valence-electron chi connectivity index (χ3n) is 10.8. The van der Waals surface area contributed by atoms with Crippen LogP contribution < -0.4 is 0 Å². The van der Waals surface area contributed by atoms with E-state index in [1.54, 1.807) is 0 Å². The van der Waals surface area contributed by atoms with Gasteiger partial charge in [0.25, 0.3) is 0 Å². The molecular formula is C36H38O9. The van der Waals surface area contributed by atoms with Crippen LogP contribution in [0, 0.1) is 31.1 Å². The standard InChI is InChI=1S/C20H26O3.C16H12O6/c1-12(21)23-19-8-7-18-17-5-3-13-11-14(22)4-6-15(13)16(17)9-10-20(18,19)2;1-5-3-7(17)9-11(13(5)19)15(21)10-8(18)4-6(2)14(20)12(10)16(9)22/h4,6,11,16-19,22H,3,5,7-10H2,1-2H3;3-4,17-20H,1-2H3. The Hall–Kier alpha value is -4.53. The lowest BCUT2D eigenvalue weighted by Crippen LogP contribution is -2.45. The highest BCUT2D eigenvalue weighted by atomic mass is 16.5. The molecule has 5 atom stereocenters. The van der Waals surface area contributed by atoms with Gasteiger partial charge in [0.2, 0.25) is 11.6 Å². The number of fused-ring (bicyclic) bond motifs is 7. The number of carbonyl (C=O) groups is 3. The molecule has 0 spiro atoms. The highest BCUT2D eigenvalue weighted by Crippen LogP contribution is 2.61. The quantitative estimate of drug-likeness (QED) is 0.126. The molecule has 4 aliphatic carbocycles. The Labute approximate surface area is 261 Å². The van der Waals surface area contributed by atoms with E-state index in [-0.39, 0.29) is 50.9 Å². The van der Waals surface area contributed by atoms with E-state index in [1.807, 2.05) is 12.1 Å². The number of phenols is 5. The molecule has 236 valence electrons. The maximum atomic E-state index is 12.6. The molecule has 0 heterocycles. The van der Waals surface area contributed by atoms with Crippen molar-refractivity contribution in [2.45, 2.75) is 78.2 Å². The van der Waals surface area contributed by atoms with Crippen LogP contribution in [0.5, 0.6) is 28.7 Å². The fraction of sp³-hybridized carbons (Fsp3) is 0.417. The molecule has 7 rings (SSSR count). The summed E-state index contributed by atoms with van der Waals surface area (Å²) in [5, 5.41) is 49.8. The number of aromatic hydroxyl groups is 5. The maximum absolute atomic E-state index is 12.6. The number of esters is 1. The van der Waals surface area contributed by atoms with E-state index in [4.69, 9.17) is 4.74 Å². The van der Waals surface area contributed by atoms with Gasteiger partial charge in [-0.3, -0.25) is 14.4 Å². The average Bonchev–Trinajstić information content (AvgIpc) is 3.30. The van der Waals surface area contributed by atoms with E-state index in [9.17, 15) is 39.9 Å². The van der Waals surface area contributed by atoms with E-state index in [1.165, 1.54) is 51.2 Å². The second-order valence-corrected chi connectivity index (χ2v) is 13.3. The Morgan fingerprint density at radius 1 is 0.800 bits per heavy atom. The van der Waals surface area contributed by atoms with E-state index in [0.29, 0.717) is 23.5 Å². The van der Waals surface area contributed by atoms with Gasteiger partial charge in [-0.05, 0) is 117 Å². The first-order chi connectivity index (χ1) is 21.2. The zero-order chi connectivity index (χ0) is 32.5. The monoisotopic (exact) mass is 614 g/mol. The maximum Gasteiger partial charge on any atom is 0.302 e. The number of ether oxygens (including phenoxy) is 1. The molecule has 0 aliphatic heterocycles. The van der Waals surface area contributed by atoms with Gasteiger partial charge in [0.15, 0.2) is 0 Å². The Balaban J connectivity index is 0.000000159. The van der Waals surface area contributed by atoms with Crippen LogP contribution >= 0.6 is 0 Å². The summed E-state index contributed by atoms with van der Waals surface area (Å²) in [5.74, 6) is -1.21. The molecule has 0 radical (unpaired) electrons. The fourth-order valence-electron chi connectivity index (χ4n) is 8.64. The summed E-state index contributed by atoms with van der Waals surface area (Å²) in [7, 11) is 0. The molecule has 2 saturated carbocycles. The number of ketones is 2. The zero-order valence-electron chi connectivity index (χ0n) is 25.8. The molecule has 9 nitrogen and oxygen atoms in total. The molecule has 0 saturated heterocycles. The van der Waals surface area contributed by atoms with Crippen molar-refractivity contribution in [3.8, 4) is 28.7 Å². The van der Waals surface area contributed by atoms with Crippen molar-refractivity contribution in [3.05, 3.63) is 74.8 Å². The lowest BCUT2D eigenvalue weighted by atomic mass is 9.55. The van der Waals surface area contributed by atoms with Crippen LogP contribution in [0.25, 0.3) is 0 Å². The Morgan fingerprint density at radius 3 is 1.93 bits per heavy atom. The molecule has 3 aromatic rings. The van der Waals surface area contributed by atoms with Crippen LogP contribution in [0.1, 0.15) is 106 Å². The van der Waals surface area contributed by atoms with Crippen molar-refractivity contribution in [1.29, 1.82) is 0 Å². The molecule has 9 heteroatoms. The Bertz CT molecular complexity index is 1700. The van der Waals surface area contributed by atoms with Gasteiger partial charge in [-0.25, -0.2) is 0 Å². The lowest BCUT2D eigenvalue weighted by molar-refractivity contribution is -0.154. The lowest BCUT2D eigenvalue weighted by Gasteiger charge is -2.50. The van der Waals surface area contributed by atoms with Gasteiger partial charge >= 0.3 is 5.97 Å². The number of carbonyl (C=O) groups excluding carboxylic acids is 3. The van der Waals surface area contributed by atoms with Gasteiger partial charge in [-0.1, -0.05) is 13.0 Å². The van der Waals surface area contributed by atoms with Crippen molar-refractivity contribution in [3.63, 3.8) is 0 Å². The molecule has 4 aliphatic rings. The minimum absolute atomic E-state index is 0.104. The molecule has 45 heavy (non-hydrogen) atoms. The smallest absolute Gasteiger partial charge is 0.302 e. The van der Waals surface area contributed by atoms with Gasteiger partial charge in [0, 0.05) is 12.3 Å². The highest BCUT2D eigenvalue weighted by molar-refractivity contribution is 6.32. The van der Waals surface area contributed by atoms with Crippen molar-refractivity contribution in [2.24, 2.45) is 17.3 Å². The summed E-state index contributed by atoms with van der Waals surface area (Å²) in [5.41, 5.74) is 1.90. The van der Waals surface area contributed by atoms with Crippen LogP contribution in [0.15, 0.2) is 30.3 Å². The van der Waals surface area contributed by atoms with E-state index >= 15 is 0 Å². The SMILES string of the molecule is CC(=O)OC1CCC2C3CCc4cc(O)ccc4C3CCC12C.Cc1cc(O)c2c(c1O)C(=O)c1c(O)cc(C)c(O)c1C2=O. The minimum atomic E-state index is -0.825. The summed E-state index contributed by atoms with van der Waals surface area (Å²) >= 11 is 0. The molecule has 5 N–H and O–H groups in total. The largest absolute Gasteiger partial charge is 0.508 e. The number of aryl methyl sites for hydroxylation is 3.